The van der Waals surface area contributed by atoms with Crippen molar-refractivity contribution < 1.29 is 0 Å². The van der Waals surface area contributed by atoms with Crippen LogP contribution in [0.25, 0.3) is 0 Å². The molecule has 18 heavy (non-hydrogen) atoms. The van der Waals surface area contributed by atoms with E-state index in [2.05, 4.69) is 62.3 Å². The van der Waals surface area contributed by atoms with E-state index in [4.69, 9.17) is 0 Å². The molecule has 1 atom stereocenters. The van der Waals surface area contributed by atoms with Crippen LogP contribution in [0.15, 0.2) is 0 Å². The van der Waals surface area contributed by atoms with Crippen molar-refractivity contribution in [3.8, 4) is 0 Å². The van der Waals surface area contributed by atoms with Gasteiger partial charge in [0.25, 0.3) is 0 Å². The second kappa shape index (κ2) is 6.44. The molecule has 0 rings (SSSR count). The minimum absolute atomic E-state index is 0.484. The first kappa shape index (κ1) is 18.0. The summed E-state index contributed by atoms with van der Waals surface area (Å²) in [5.74, 6) is 0.808. The molecule has 0 saturated heterocycles. The van der Waals surface area contributed by atoms with E-state index in [9.17, 15) is 0 Å². The molecule has 0 aliphatic heterocycles. The average molecular weight is 255 g/mol. The van der Waals surface area contributed by atoms with E-state index < -0.39 is 0 Å². The van der Waals surface area contributed by atoms with Crippen LogP contribution in [0.5, 0.6) is 0 Å². The molecule has 1 unspecified atom stereocenters. The summed E-state index contributed by atoms with van der Waals surface area (Å²) in [7, 11) is 0. The summed E-state index contributed by atoms with van der Waals surface area (Å²) in [6, 6.07) is 0. The number of rotatable bonds is 8. The minimum Gasteiger partial charge on any atom is -0.0649 e. The molecule has 0 heteroatoms. The van der Waals surface area contributed by atoms with Crippen LogP contribution in [0.3, 0.4) is 0 Å². The molecule has 0 heterocycles. The molecule has 0 aromatic heterocycles. The lowest BCUT2D eigenvalue weighted by atomic mass is 9.67. The fourth-order valence-corrected chi connectivity index (χ4v) is 2.41. The van der Waals surface area contributed by atoms with E-state index in [1.807, 2.05) is 0 Å². The van der Waals surface area contributed by atoms with E-state index >= 15 is 0 Å². The van der Waals surface area contributed by atoms with E-state index in [1.165, 1.54) is 32.1 Å². The fraction of sp³-hybridized carbons (Fsp3) is 1.00. The van der Waals surface area contributed by atoms with Gasteiger partial charge >= 0.3 is 0 Å². The summed E-state index contributed by atoms with van der Waals surface area (Å²) in [6.07, 6.45) is 6.64. The first-order chi connectivity index (χ1) is 7.96. The fourth-order valence-electron chi connectivity index (χ4n) is 2.41. The minimum atomic E-state index is 0.484. The largest absolute Gasteiger partial charge is 0.0649 e. The molecule has 0 nitrogen and oxygen atoms in total. The Kier molecular flexibility index (Phi) is 6.44. The Balaban J connectivity index is 4.40. The monoisotopic (exact) mass is 254 g/mol. The summed E-state index contributed by atoms with van der Waals surface area (Å²) >= 11 is 0. The van der Waals surface area contributed by atoms with Gasteiger partial charge in [-0.2, -0.15) is 0 Å². The van der Waals surface area contributed by atoms with Crippen molar-refractivity contribution in [3.05, 3.63) is 0 Å². The van der Waals surface area contributed by atoms with Crippen molar-refractivity contribution in [2.24, 2.45) is 22.2 Å². The van der Waals surface area contributed by atoms with Crippen LogP contribution < -0.4 is 0 Å². The lowest BCUT2D eigenvalue weighted by molar-refractivity contribution is 0.128. The van der Waals surface area contributed by atoms with Crippen molar-refractivity contribution in [2.75, 3.05) is 0 Å². The molecule has 0 aromatic carbocycles. The van der Waals surface area contributed by atoms with Crippen molar-refractivity contribution in [2.45, 2.75) is 94.4 Å². The van der Waals surface area contributed by atoms with Crippen LogP contribution in [0.2, 0.25) is 0 Å². The first-order valence-electron chi connectivity index (χ1n) is 7.96. The highest BCUT2D eigenvalue weighted by Gasteiger charge is 2.31. The van der Waals surface area contributed by atoms with Gasteiger partial charge in [0.2, 0.25) is 0 Å². The van der Waals surface area contributed by atoms with Gasteiger partial charge < -0.3 is 0 Å². The normalized spacial score (nSPS) is 15.8. The molecule has 110 valence electrons. The van der Waals surface area contributed by atoms with E-state index in [1.54, 1.807) is 0 Å². The van der Waals surface area contributed by atoms with Crippen molar-refractivity contribution in [3.63, 3.8) is 0 Å². The quantitative estimate of drug-likeness (QED) is 0.452. The van der Waals surface area contributed by atoms with Gasteiger partial charge in [-0.1, -0.05) is 75.2 Å². The van der Waals surface area contributed by atoms with Crippen molar-refractivity contribution in [1.29, 1.82) is 0 Å². The van der Waals surface area contributed by atoms with E-state index in [0.717, 1.165) is 5.92 Å². The summed E-state index contributed by atoms with van der Waals surface area (Å²) < 4.78 is 0. The van der Waals surface area contributed by atoms with Crippen LogP contribution >= 0.6 is 0 Å². The highest BCUT2D eigenvalue weighted by atomic mass is 14.4. The summed E-state index contributed by atoms with van der Waals surface area (Å²) in [4.78, 5) is 0. The Labute approximate surface area is 117 Å². The molecular weight excluding hydrogens is 216 g/mol. The Morgan fingerprint density at radius 1 is 0.722 bits per heavy atom. The van der Waals surface area contributed by atoms with Gasteiger partial charge in [-0.05, 0) is 41.4 Å². The zero-order chi connectivity index (χ0) is 14.6. The first-order valence-corrected chi connectivity index (χ1v) is 7.96. The molecule has 0 aliphatic carbocycles. The molecular formula is C18H38. The standard InChI is InChI=1S/C18H38/c1-10-16(4,5)12-13-17(6,7)14-15(3)18(8,9)11-2/h15H,10-14H2,1-9H3. The number of hydrogen-bond donors (Lipinski definition) is 0. The summed E-state index contributed by atoms with van der Waals surface area (Å²) in [6.45, 7) is 21.6. The maximum Gasteiger partial charge on any atom is -0.0331 e. The molecule has 0 aromatic rings. The van der Waals surface area contributed by atoms with Gasteiger partial charge in [-0.3, -0.25) is 0 Å². The Bertz CT molecular complexity index is 232. The highest BCUT2D eigenvalue weighted by molar-refractivity contribution is 4.81. The molecule has 0 amide bonds. The number of hydrogen-bond acceptors (Lipinski definition) is 0. The van der Waals surface area contributed by atoms with Gasteiger partial charge in [0.05, 0.1) is 0 Å². The SMILES string of the molecule is CCC(C)(C)CCC(C)(C)CC(C)C(C)(C)CC. The topological polar surface area (TPSA) is 0 Å². The third-order valence-electron chi connectivity index (χ3n) is 5.54. The molecule has 0 N–H and O–H groups in total. The third-order valence-corrected chi connectivity index (χ3v) is 5.54. The van der Waals surface area contributed by atoms with Crippen LogP contribution in [-0.4, -0.2) is 0 Å². The van der Waals surface area contributed by atoms with Crippen LogP contribution in [-0.2, 0) is 0 Å². The van der Waals surface area contributed by atoms with Gasteiger partial charge in [0.15, 0.2) is 0 Å². The van der Waals surface area contributed by atoms with Crippen molar-refractivity contribution in [1.82, 2.24) is 0 Å². The second-order valence-electron chi connectivity index (χ2n) is 8.63. The Morgan fingerprint density at radius 3 is 1.56 bits per heavy atom. The van der Waals surface area contributed by atoms with Crippen LogP contribution in [0.1, 0.15) is 94.4 Å². The Morgan fingerprint density at radius 2 is 1.17 bits per heavy atom. The zero-order valence-corrected chi connectivity index (χ0v) is 14.6. The predicted octanol–water partition coefficient (Wildman–Crippen LogP) is 6.69. The maximum absolute atomic E-state index is 2.46. The summed E-state index contributed by atoms with van der Waals surface area (Å²) in [5, 5.41) is 0. The molecule has 0 radical (unpaired) electrons. The lowest BCUT2D eigenvalue weighted by Crippen LogP contribution is -2.27. The van der Waals surface area contributed by atoms with Gasteiger partial charge in [-0.25, -0.2) is 0 Å². The lowest BCUT2D eigenvalue weighted by Gasteiger charge is -2.38. The van der Waals surface area contributed by atoms with E-state index in [-0.39, 0.29) is 0 Å². The van der Waals surface area contributed by atoms with E-state index in [0.29, 0.717) is 16.2 Å². The second-order valence-corrected chi connectivity index (χ2v) is 8.63. The smallest absolute Gasteiger partial charge is 0.0331 e. The summed E-state index contributed by atoms with van der Waals surface area (Å²) in [5.41, 5.74) is 1.48. The van der Waals surface area contributed by atoms with Gasteiger partial charge in [-0.15, -0.1) is 0 Å². The molecule has 0 saturated carbocycles. The molecule has 0 spiro atoms. The van der Waals surface area contributed by atoms with Crippen LogP contribution in [0, 0.1) is 22.2 Å². The molecule has 0 fully saturated rings. The maximum atomic E-state index is 2.46. The average Bonchev–Trinajstić information content (AvgIpc) is 2.26. The van der Waals surface area contributed by atoms with Crippen molar-refractivity contribution >= 4 is 0 Å². The van der Waals surface area contributed by atoms with Crippen LogP contribution in [0.4, 0.5) is 0 Å². The Hall–Kier alpha value is 0. The van der Waals surface area contributed by atoms with Gasteiger partial charge in [0, 0.05) is 0 Å². The molecule has 0 bridgehead atoms. The highest BCUT2D eigenvalue weighted by Crippen LogP contribution is 2.42. The third kappa shape index (κ3) is 6.25. The zero-order valence-electron chi connectivity index (χ0n) is 14.6. The predicted molar refractivity (Wildman–Crippen MR) is 84.9 cm³/mol. The molecule has 0 aliphatic rings. The van der Waals surface area contributed by atoms with Gasteiger partial charge in [0.1, 0.15) is 0 Å².